The number of allylic oxidation sites excluding steroid dienone is 1. The van der Waals surface area contributed by atoms with Crippen molar-refractivity contribution in [2.45, 2.75) is 18.4 Å². The lowest BCUT2D eigenvalue weighted by Crippen LogP contribution is -2.24. The van der Waals surface area contributed by atoms with Gasteiger partial charge < -0.3 is 9.15 Å². The van der Waals surface area contributed by atoms with E-state index in [4.69, 9.17) is 32.4 Å². The summed E-state index contributed by atoms with van der Waals surface area (Å²) in [6.45, 7) is 1.48. The number of benzene rings is 2. The predicted molar refractivity (Wildman–Crippen MR) is 144 cm³/mol. The molecule has 4 rings (SSSR count). The van der Waals surface area contributed by atoms with E-state index in [1.165, 1.54) is 36.3 Å². The number of hydrogen-bond acceptors (Lipinski definition) is 6. The molecule has 12 heteroatoms. The van der Waals surface area contributed by atoms with Crippen LogP contribution in [0.4, 0.5) is 5.69 Å². The monoisotopic (exact) mass is 624 g/mol. The Labute approximate surface area is 231 Å². The fourth-order valence-electron chi connectivity index (χ4n) is 3.73. The average Bonchev–Trinajstić information content (AvgIpc) is 3.38. The molecule has 3 aromatic rings. The second kappa shape index (κ2) is 10.8. The molecule has 0 saturated heterocycles. The Bertz CT molecular complexity index is 1540. The van der Waals surface area contributed by atoms with Gasteiger partial charge in [0.05, 0.1) is 35.4 Å². The molecule has 37 heavy (non-hydrogen) atoms. The highest BCUT2D eigenvalue weighted by Gasteiger charge is 2.38. The highest BCUT2D eigenvalue weighted by atomic mass is 79.9. The summed E-state index contributed by atoms with van der Waals surface area (Å²) in [6, 6.07) is 13.9. The van der Waals surface area contributed by atoms with Crippen molar-refractivity contribution in [1.29, 1.82) is 0 Å². The number of sulfonamides is 1. The molecule has 0 saturated carbocycles. The number of amides is 1. The summed E-state index contributed by atoms with van der Waals surface area (Å²) in [7, 11) is -2.56. The van der Waals surface area contributed by atoms with Crippen molar-refractivity contribution in [3.8, 4) is 0 Å². The van der Waals surface area contributed by atoms with Crippen molar-refractivity contribution in [2.24, 2.45) is 0 Å². The Hall–Kier alpha value is -2.89. The predicted octanol–water partition coefficient (Wildman–Crippen LogP) is 5.70. The van der Waals surface area contributed by atoms with Gasteiger partial charge in [-0.1, -0.05) is 39.1 Å². The fraction of sp³-hybridized carbons (Fsp3) is 0.120. The van der Waals surface area contributed by atoms with Crippen LogP contribution in [0.2, 0.25) is 10.0 Å². The fourth-order valence-corrected chi connectivity index (χ4v) is 5.50. The lowest BCUT2D eigenvalue weighted by atomic mass is 10.1. The Morgan fingerprint density at radius 2 is 1.76 bits per heavy atom. The molecule has 1 aliphatic heterocycles. The molecule has 1 amide bonds. The van der Waals surface area contributed by atoms with Gasteiger partial charge in [0, 0.05) is 20.2 Å². The molecule has 0 aliphatic carbocycles. The number of carbonyl (C=O) groups is 2. The van der Waals surface area contributed by atoms with Crippen molar-refractivity contribution < 1.29 is 27.2 Å². The molecule has 8 nitrogen and oxygen atoms in total. The zero-order chi connectivity index (χ0) is 26.9. The molecule has 0 bridgehead atoms. The molecule has 0 atom stereocenters. The van der Waals surface area contributed by atoms with E-state index in [0.29, 0.717) is 27.2 Å². The number of nitrogens with one attached hydrogen (secondary N) is 1. The number of furan rings is 1. The molecule has 0 fully saturated rings. The summed E-state index contributed by atoms with van der Waals surface area (Å²) >= 11 is 15.5. The normalized spacial score (nSPS) is 15.1. The number of methoxy groups -OCH3 is 1. The molecular formula is C25H19BrCl2N2O6S. The minimum Gasteiger partial charge on any atom is -0.465 e. The topological polar surface area (TPSA) is 106 Å². The lowest BCUT2D eigenvalue weighted by molar-refractivity contribution is -0.136. The minimum absolute atomic E-state index is 0.0387. The number of halogens is 3. The third-order valence-corrected chi connectivity index (χ3v) is 7.81. The average molecular weight is 626 g/mol. The third-order valence-electron chi connectivity index (χ3n) is 5.42. The van der Waals surface area contributed by atoms with Gasteiger partial charge >= 0.3 is 5.97 Å². The van der Waals surface area contributed by atoms with Crippen LogP contribution in [0.3, 0.4) is 0 Å². The summed E-state index contributed by atoms with van der Waals surface area (Å²) in [4.78, 5) is 27.4. The molecule has 0 spiro atoms. The van der Waals surface area contributed by atoms with Gasteiger partial charge in [-0.3, -0.25) is 9.69 Å². The van der Waals surface area contributed by atoms with Crippen LogP contribution in [-0.4, -0.2) is 27.4 Å². The van der Waals surface area contributed by atoms with Crippen molar-refractivity contribution in [1.82, 2.24) is 4.72 Å². The smallest absolute Gasteiger partial charge is 0.340 e. The van der Waals surface area contributed by atoms with Gasteiger partial charge in [0.1, 0.15) is 11.5 Å². The van der Waals surface area contributed by atoms with E-state index >= 15 is 0 Å². The highest BCUT2D eigenvalue weighted by Crippen LogP contribution is 2.37. The van der Waals surface area contributed by atoms with Gasteiger partial charge in [-0.05, 0) is 67.6 Å². The van der Waals surface area contributed by atoms with E-state index in [1.807, 2.05) is 0 Å². The maximum Gasteiger partial charge on any atom is 0.340 e. The van der Waals surface area contributed by atoms with Crippen LogP contribution in [-0.2, 0) is 30.9 Å². The van der Waals surface area contributed by atoms with Crippen molar-refractivity contribution in [3.05, 3.63) is 97.5 Å². The Kier molecular flexibility index (Phi) is 7.96. The second-order valence-electron chi connectivity index (χ2n) is 7.86. The molecule has 192 valence electrons. The number of nitrogens with zero attached hydrogens (tertiary/aromatic N) is 1. The first kappa shape index (κ1) is 27.2. The first-order chi connectivity index (χ1) is 17.5. The van der Waals surface area contributed by atoms with Gasteiger partial charge in [-0.2, -0.15) is 0 Å². The van der Waals surface area contributed by atoms with E-state index < -0.39 is 21.9 Å². The van der Waals surface area contributed by atoms with Crippen LogP contribution < -0.4 is 9.62 Å². The molecule has 2 aromatic carbocycles. The quantitative estimate of drug-likeness (QED) is 0.267. The first-order valence-corrected chi connectivity index (χ1v) is 13.7. The molecule has 0 unspecified atom stereocenters. The van der Waals surface area contributed by atoms with E-state index in [0.717, 1.165) is 4.47 Å². The van der Waals surface area contributed by atoms with Crippen LogP contribution in [0.5, 0.6) is 0 Å². The van der Waals surface area contributed by atoms with Gasteiger partial charge in [-0.15, -0.1) is 0 Å². The first-order valence-electron chi connectivity index (χ1n) is 10.7. The van der Waals surface area contributed by atoms with E-state index in [-0.39, 0.29) is 28.3 Å². The Balaban J connectivity index is 1.61. The summed E-state index contributed by atoms with van der Waals surface area (Å²) in [5.41, 5.74) is 0.803. The number of anilines is 1. The zero-order valence-electron chi connectivity index (χ0n) is 19.4. The second-order valence-corrected chi connectivity index (χ2v) is 11.4. The van der Waals surface area contributed by atoms with Gasteiger partial charge in [0.15, 0.2) is 0 Å². The Morgan fingerprint density at radius 3 is 2.38 bits per heavy atom. The summed E-state index contributed by atoms with van der Waals surface area (Å²) in [5, 5.41) is 0.642. The maximum absolute atomic E-state index is 13.4. The summed E-state index contributed by atoms with van der Waals surface area (Å²) < 4.78 is 38.9. The molecule has 1 N–H and O–H groups in total. The highest BCUT2D eigenvalue weighted by molar-refractivity contribution is 9.10. The van der Waals surface area contributed by atoms with Gasteiger partial charge in [0.2, 0.25) is 10.0 Å². The number of carbonyl (C=O) groups excluding carboxylic acids is 2. The zero-order valence-corrected chi connectivity index (χ0v) is 23.3. The number of hydrogen-bond donors (Lipinski definition) is 1. The van der Waals surface area contributed by atoms with E-state index in [2.05, 4.69) is 20.7 Å². The largest absolute Gasteiger partial charge is 0.465 e. The van der Waals surface area contributed by atoms with Crippen LogP contribution in [0.1, 0.15) is 18.4 Å². The van der Waals surface area contributed by atoms with Crippen LogP contribution >= 0.6 is 39.1 Å². The molecule has 2 heterocycles. The molecule has 0 radical (unpaired) electrons. The molecule has 1 aromatic heterocycles. The summed E-state index contributed by atoms with van der Waals surface area (Å²) in [6.07, 6.45) is 1.40. The van der Waals surface area contributed by atoms with Gasteiger partial charge in [-0.25, -0.2) is 17.9 Å². The van der Waals surface area contributed by atoms with Crippen LogP contribution in [0.25, 0.3) is 6.08 Å². The van der Waals surface area contributed by atoms with Crippen LogP contribution in [0.15, 0.2) is 85.2 Å². The number of ether oxygens (including phenoxy) is 1. The Morgan fingerprint density at radius 1 is 1.11 bits per heavy atom. The SMILES string of the molecule is COC(=O)C1=C(C)N(c2cc(Cl)cc(Cl)c2)C(=O)/C1=C/c1ccc(CNS(=O)(=O)c2ccc(Br)cc2)o1. The van der Waals surface area contributed by atoms with Crippen molar-refractivity contribution in [2.75, 3.05) is 12.0 Å². The standard InChI is InChI=1S/C25H19BrCl2N2O6S/c1-14-23(25(32)35-2)22(24(31)30(14)18-10-16(27)9-17(28)11-18)12-19-5-6-20(36-19)13-29-37(33,34)21-7-3-15(26)4-8-21/h3-12,29H,13H2,1-2H3/b22-12+. The summed E-state index contributed by atoms with van der Waals surface area (Å²) in [5.74, 6) is -0.676. The maximum atomic E-state index is 13.4. The van der Waals surface area contributed by atoms with Crippen molar-refractivity contribution >= 4 is 72.8 Å². The molecule has 1 aliphatic rings. The number of esters is 1. The van der Waals surface area contributed by atoms with Crippen LogP contribution in [0, 0.1) is 0 Å². The number of rotatable bonds is 7. The third kappa shape index (κ3) is 5.83. The van der Waals surface area contributed by atoms with Crippen molar-refractivity contribution in [3.63, 3.8) is 0 Å². The van der Waals surface area contributed by atoms with Gasteiger partial charge in [0.25, 0.3) is 5.91 Å². The van der Waals surface area contributed by atoms with E-state index in [9.17, 15) is 18.0 Å². The minimum atomic E-state index is -3.77. The lowest BCUT2D eigenvalue weighted by Gasteiger charge is -2.18. The van der Waals surface area contributed by atoms with E-state index in [1.54, 1.807) is 43.3 Å². The molecular weight excluding hydrogens is 607 g/mol.